The van der Waals surface area contributed by atoms with E-state index in [1.54, 1.807) is 31.2 Å². The van der Waals surface area contributed by atoms with Crippen molar-refractivity contribution in [1.29, 1.82) is 0 Å². The molecule has 4 rings (SSSR count). The lowest BCUT2D eigenvalue weighted by molar-refractivity contribution is -0.132. The number of carbonyl (C=O) groups is 3. The maximum absolute atomic E-state index is 13.2. The van der Waals surface area contributed by atoms with E-state index in [1.807, 2.05) is 0 Å². The molecule has 1 saturated heterocycles. The van der Waals surface area contributed by atoms with Crippen LogP contribution in [0.5, 0.6) is 5.75 Å². The van der Waals surface area contributed by atoms with Crippen LogP contribution in [0.4, 0.5) is 5.69 Å². The Kier molecular flexibility index (Phi) is 6.17. The van der Waals surface area contributed by atoms with Crippen LogP contribution < -0.4 is 9.64 Å². The first-order chi connectivity index (χ1) is 16.3. The van der Waals surface area contributed by atoms with Gasteiger partial charge in [0.1, 0.15) is 23.3 Å². The molecule has 0 radical (unpaired) electrons. The molecule has 3 aromatic rings. The minimum atomic E-state index is -1.07. The molecule has 1 aliphatic rings. The van der Waals surface area contributed by atoms with E-state index in [2.05, 4.69) is 0 Å². The fourth-order valence-corrected chi connectivity index (χ4v) is 4.30. The van der Waals surface area contributed by atoms with E-state index in [4.69, 9.17) is 25.5 Å². The summed E-state index contributed by atoms with van der Waals surface area (Å²) < 4.78 is 15.6. The van der Waals surface area contributed by atoms with Crippen LogP contribution in [0, 0.1) is 6.92 Å². The molecule has 1 aromatic heterocycles. The largest absolute Gasteiger partial charge is 0.507 e. The quantitative estimate of drug-likeness (QED) is 0.244. The predicted octanol–water partition coefficient (Wildman–Crippen LogP) is 4.66. The third-order valence-electron chi connectivity index (χ3n) is 5.47. The minimum absolute atomic E-state index is 0.164. The van der Waals surface area contributed by atoms with Gasteiger partial charge in [0.05, 0.1) is 42.2 Å². The van der Waals surface area contributed by atoms with Crippen molar-refractivity contribution in [2.75, 3.05) is 19.1 Å². The van der Waals surface area contributed by atoms with Gasteiger partial charge in [-0.05, 0) is 61.0 Å². The lowest BCUT2D eigenvalue weighted by Gasteiger charge is -2.23. The number of halogens is 1. The number of methoxy groups -OCH3 is 2. The molecule has 1 fully saturated rings. The summed E-state index contributed by atoms with van der Waals surface area (Å²) in [6.07, 6.45) is 1.40. The number of anilines is 1. The molecule has 0 spiro atoms. The number of furan rings is 1. The lowest BCUT2D eigenvalue weighted by Crippen LogP contribution is -2.29. The Balaban J connectivity index is 1.92. The fourth-order valence-electron chi connectivity index (χ4n) is 3.95. The van der Waals surface area contributed by atoms with Gasteiger partial charge >= 0.3 is 5.97 Å². The van der Waals surface area contributed by atoms with Gasteiger partial charge in [-0.25, -0.2) is 4.79 Å². The number of benzene rings is 2. The molecule has 0 aliphatic carbocycles. The molecule has 0 saturated carbocycles. The fraction of sp³-hybridized carbons (Fsp3) is 0.160. The van der Waals surface area contributed by atoms with Crippen molar-refractivity contribution in [3.8, 4) is 5.75 Å². The summed E-state index contributed by atoms with van der Waals surface area (Å²) in [5, 5.41) is 11.5. The Labute approximate surface area is 199 Å². The van der Waals surface area contributed by atoms with Gasteiger partial charge in [-0.2, -0.15) is 0 Å². The number of hydrogen-bond donors (Lipinski definition) is 1. The summed E-state index contributed by atoms with van der Waals surface area (Å²) in [7, 11) is 2.65. The second-order valence-corrected chi connectivity index (χ2v) is 7.96. The highest BCUT2D eigenvalue weighted by Crippen LogP contribution is 2.44. The Morgan fingerprint density at radius 2 is 1.82 bits per heavy atom. The summed E-state index contributed by atoms with van der Waals surface area (Å²) in [4.78, 5) is 39.4. The summed E-state index contributed by atoms with van der Waals surface area (Å²) in [6, 6.07) is 11.4. The molecule has 174 valence electrons. The third kappa shape index (κ3) is 3.82. The number of ketones is 1. The average molecular weight is 482 g/mol. The number of amides is 1. The molecule has 9 heteroatoms. The van der Waals surface area contributed by atoms with Crippen LogP contribution in [0.15, 0.2) is 64.8 Å². The van der Waals surface area contributed by atoms with E-state index in [-0.39, 0.29) is 33.2 Å². The molecular formula is C25H20ClNO7. The van der Waals surface area contributed by atoms with Crippen molar-refractivity contribution in [3.05, 3.63) is 87.8 Å². The van der Waals surface area contributed by atoms with Gasteiger partial charge in [0, 0.05) is 5.69 Å². The number of Topliss-reactive ketones (excluding diaryl/α,β-unsaturated/α-hetero) is 1. The topological polar surface area (TPSA) is 106 Å². The number of esters is 1. The minimum Gasteiger partial charge on any atom is -0.507 e. The number of ether oxygens (including phenoxy) is 2. The van der Waals surface area contributed by atoms with Gasteiger partial charge in [-0.15, -0.1) is 0 Å². The first-order valence-corrected chi connectivity index (χ1v) is 10.5. The van der Waals surface area contributed by atoms with Crippen molar-refractivity contribution in [2.24, 2.45) is 0 Å². The Morgan fingerprint density at radius 1 is 1.12 bits per heavy atom. The molecule has 1 amide bonds. The maximum atomic E-state index is 13.2. The number of aryl methyl sites for hydroxylation is 1. The van der Waals surface area contributed by atoms with Gasteiger partial charge in [0.15, 0.2) is 0 Å². The molecule has 0 bridgehead atoms. The van der Waals surface area contributed by atoms with Crippen molar-refractivity contribution in [1.82, 2.24) is 0 Å². The number of rotatable bonds is 5. The lowest BCUT2D eigenvalue weighted by atomic mass is 9.97. The van der Waals surface area contributed by atoms with E-state index in [0.29, 0.717) is 5.69 Å². The molecule has 1 aliphatic heterocycles. The first kappa shape index (κ1) is 23.1. The number of aliphatic hydroxyl groups is 1. The molecule has 34 heavy (non-hydrogen) atoms. The standard InChI is InChI=1S/C25H20ClNO7/c1-13-11-16(23(32-2)17(26)12-13)21(28)19-20(18-5-4-10-34-18)27(24(30)22(19)29)15-8-6-14(7-9-15)25(31)33-3/h4-12,20,28H,1-3H3/b21-19-. The van der Waals surface area contributed by atoms with Crippen molar-refractivity contribution >= 4 is 40.7 Å². The van der Waals surface area contributed by atoms with Gasteiger partial charge in [-0.3, -0.25) is 14.5 Å². The zero-order chi connectivity index (χ0) is 24.6. The van der Waals surface area contributed by atoms with Crippen molar-refractivity contribution < 1.29 is 33.4 Å². The third-order valence-corrected chi connectivity index (χ3v) is 5.75. The van der Waals surface area contributed by atoms with E-state index in [9.17, 15) is 19.5 Å². The number of aliphatic hydroxyl groups excluding tert-OH is 1. The smallest absolute Gasteiger partial charge is 0.337 e. The zero-order valence-corrected chi connectivity index (χ0v) is 19.3. The summed E-state index contributed by atoms with van der Waals surface area (Å²) in [5.41, 5.74) is 1.30. The molecule has 8 nitrogen and oxygen atoms in total. The number of nitrogens with zero attached hydrogens (tertiary/aromatic N) is 1. The van der Waals surface area contributed by atoms with E-state index >= 15 is 0 Å². The molecule has 1 atom stereocenters. The van der Waals surface area contributed by atoms with E-state index < -0.39 is 29.5 Å². The highest BCUT2D eigenvalue weighted by atomic mass is 35.5. The average Bonchev–Trinajstić information content (AvgIpc) is 3.44. The molecule has 2 aromatic carbocycles. The van der Waals surface area contributed by atoms with Crippen molar-refractivity contribution in [3.63, 3.8) is 0 Å². The highest BCUT2D eigenvalue weighted by molar-refractivity contribution is 6.51. The number of carbonyl (C=O) groups excluding carboxylic acids is 3. The summed E-state index contributed by atoms with van der Waals surface area (Å²) in [5.74, 6) is -2.34. The molecular weight excluding hydrogens is 462 g/mol. The van der Waals surface area contributed by atoms with Gasteiger partial charge in [-0.1, -0.05) is 11.6 Å². The van der Waals surface area contributed by atoms with Gasteiger partial charge < -0.3 is 19.0 Å². The van der Waals surface area contributed by atoms with Crippen LogP contribution in [-0.4, -0.2) is 37.0 Å². The Morgan fingerprint density at radius 3 is 2.41 bits per heavy atom. The Bertz CT molecular complexity index is 1310. The van der Waals surface area contributed by atoms with Crippen LogP contribution in [-0.2, 0) is 14.3 Å². The van der Waals surface area contributed by atoms with Crippen LogP contribution in [0.25, 0.3) is 5.76 Å². The molecule has 1 unspecified atom stereocenters. The van der Waals surface area contributed by atoms with Crippen LogP contribution >= 0.6 is 11.6 Å². The van der Waals surface area contributed by atoms with Gasteiger partial charge in [0.25, 0.3) is 11.7 Å². The number of hydrogen-bond acceptors (Lipinski definition) is 7. The second kappa shape index (κ2) is 9.07. The maximum Gasteiger partial charge on any atom is 0.337 e. The van der Waals surface area contributed by atoms with Crippen LogP contribution in [0.1, 0.15) is 33.3 Å². The normalized spacial score (nSPS) is 17.2. The second-order valence-electron chi connectivity index (χ2n) is 7.55. The molecule has 2 heterocycles. The monoisotopic (exact) mass is 481 g/mol. The SMILES string of the molecule is COC(=O)c1ccc(N2C(=O)C(=O)/C(=C(\O)c3cc(C)cc(Cl)c3OC)C2c2ccco2)cc1. The van der Waals surface area contributed by atoms with E-state index in [1.165, 1.54) is 49.6 Å². The van der Waals surface area contributed by atoms with Gasteiger partial charge in [0.2, 0.25) is 0 Å². The van der Waals surface area contributed by atoms with Crippen molar-refractivity contribution in [2.45, 2.75) is 13.0 Å². The first-order valence-electron chi connectivity index (χ1n) is 10.2. The van der Waals surface area contributed by atoms with Crippen LogP contribution in [0.2, 0.25) is 5.02 Å². The zero-order valence-electron chi connectivity index (χ0n) is 18.5. The summed E-state index contributed by atoms with van der Waals surface area (Å²) >= 11 is 6.29. The summed E-state index contributed by atoms with van der Waals surface area (Å²) in [6.45, 7) is 1.77. The van der Waals surface area contributed by atoms with Crippen LogP contribution in [0.3, 0.4) is 0 Å². The highest BCUT2D eigenvalue weighted by Gasteiger charge is 2.48. The van der Waals surface area contributed by atoms with E-state index in [0.717, 1.165) is 5.56 Å². The Hall–Kier alpha value is -4.04. The predicted molar refractivity (Wildman–Crippen MR) is 124 cm³/mol. The molecule has 1 N–H and O–H groups in total.